The highest BCUT2D eigenvalue weighted by atomic mass is 35.5. The van der Waals surface area contributed by atoms with Crippen molar-refractivity contribution in [1.29, 1.82) is 0 Å². The molecule has 0 unspecified atom stereocenters. The number of rotatable bonds is 6. The normalized spacial score (nSPS) is 11.7. The lowest BCUT2D eigenvalue weighted by atomic mass is 10.2. The molecule has 0 radical (unpaired) electrons. The third-order valence-corrected chi connectivity index (χ3v) is 6.58. The van der Waals surface area contributed by atoms with Gasteiger partial charge in [0.05, 0.1) is 39.5 Å². The molecule has 0 saturated carbocycles. The van der Waals surface area contributed by atoms with Gasteiger partial charge in [-0.25, -0.2) is 8.42 Å². The number of sulfonamides is 1. The van der Waals surface area contributed by atoms with E-state index in [2.05, 4.69) is 5.32 Å². The monoisotopic (exact) mass is 552 g/mol. The summed E-state index contributed by atoms with van der Waals surface area (Å²) < 4.78 is 72.8. The number of anilines is 2. The highest BCUT2D eigenvalue weighted by molar-refractivity contribution is 7.92. The van der Waals surface area contributed by atoms with Crippen LogP contribution in [0.25, 0.3) is 0 Å². The van der Waals surface area contributed by atoms with Gasteiger partial charge in [-0.05, 0) is 54.6 Å². The Morgan fingerprint density at radius 3 is 2.18 bits per heavy atom. The molecule has 3 rings (SSSR count). The van der Waals surface area contributed by atoms with Crippen molar-refractivity contribution in [1.82, 2.24) is 0 Å². The highest BCUT2D eigenvalue weighted by Crippen LogP contribution is 2.38. The zero-order chi connectivity index (χ0) is 25.3. The first-order valence-corrected chi connectivity index (χ1v) is 11.8. The van der Waals surface area contributed by atoms with E-state index in [-0.39, 0.29) is 27.0 Å². The second kappa shape index (κ2) is 9.91. The van der Waals surface area contributed by atoms with Crippen LogP contribution in [0.4, 0.5) is 24.5 Å². The van der Waals surface area contributed by atoms with Gasteiger partial charge in [-0.2, -0.15) is 13.2 Å². The van der Waals surface area contributed by atoms with Gasteiger partial charge in [0.2, 0.25) is 0 Å². The van der Waals surface area contributed by atoms with Crippen LogP contribution >= 0.6 is 34.8 Å². The Kier molecular flexibility index (Phi) is 7.56. The Labute approximate surface area is 207 Å². The molecule has 1 amide bonds. The van der Waals surface area contributed by atoms with Crippen LogP contribution in [-0.2, 0) is 16.2 Å². The van der Waals surface area contributed by atoms with Gasteiger partial charge in [-0.15, -0.1) is 0 Å². The fraction of sp³-hybridized carbons (Fsp3) is 0.0952. The molecule has 2 N–H and O–H groups in total. The number of ether oxygens (including phenoxy) is 1. The third-order valence-electron chi connectivity index (χ3n) is 4.44. The molecular formula is C21H14Cl3F3N2O4S. The maximum atomic E-state index is 13.4. The minimum Gasteiger partial charge on any atom is -0.495 e. The van der Waals surface area contributed by atoms with E-state index in [0.29, 0.717) is 11.1 Å². The predicted octanol–water partition coefficient (Wildman–Crippen LogP) is 6.73. The Morgan fingerprint density at radius 2 is 1.56 bits per heavy atom. The number of carbonyl (C=O) groups excluding carboxylic acids is 1. The van der Waals surface area contributed by atoms with Gasteiger partial charge >= 0.3 is 6.18 Å². The lowest BCUT2D eigenvalue weighted by molar-refractivity contribution is -0.136. The minimum atomic E-state index is -4.86. The van der Waals surface area contributed by atoms with Crippen LogP contribution < -0.4 is 14.8 Å². The molecule has 0 heterocycles. The number of methoxy groups -OCH3 is 1. The number of hydrogen-bond acceptors (Lipinski definition) is 4. The molecule has 3 aromatic carbocycles. The number of hydrogen-bond donors (Lipinski definition) is 2. The standard InChI is InChI=1S/C21H14Cl3F3N2O4S/c1-33-19-7-4-13(10-18(19)28-20(30)14-5-2-12(23)9-16(14)24)34(31,32)29-17-6-3-11(22)8-15(17)21(25,26)27/h2-10,29H,1H3,(H,28,30). The van der Waals surface area contributed by atoms with Crippen molar-refractivity contribution in [2.45, 2.75) is 11.1 Å². The minimum absolute atomic E-state index is 0.0514. The molecule has 13 heteroatoms. The Morgan fingerprint density at radius 1 is 0.912 bits per heavy atom. The molecule has 3 aromatic rings. The fourth-order valence-corrected chi connectivity index (χ4v) is 4.63. The largest absolute Gasteiger partial charge is 0.495 e. The predicted molar refractivity (Wildman–Crippen MR) is 125 cm³/mol. The van der Waals surface area contributed by atoms with Crippen molar-refractivity contribution in [3.63, 3.8) is 0 Å². The average Bonchev–Trinajstić information content (AvgIpc) is 2.74. The van der Waals surface area contributed by atoms with Crippen LogP contribution in [0.5, 0.6) is 5.75 Å². The number of amides is 1. The van der Waals surface area contributed by atoms with Gasteiger partial charge in [0.15, 0.2) is 0 Å². The first-order valence-electron chi connectivity index (χ1n) is 9.16. The van der Waals surface area contributed by atoms with Crippen LogP contribution in [0.3, 0.4) is 0 Å². The van der Waals surface area contributed by atoms with E-state index < -0.39 is 38.3 Å². The van der Waals surface area contributed by atoms with Gasteiger partial charge < -0.3 is 10.1 Å². The number of halogens is 6. The van der Waals surface area contributed by atoms with Gasteiger partial charge in [0.1, 0.15) is 5.75 Å². The molecule has 0 spiro atoms. The fourth-order valence-electron chi connectivity index (χ4n) is 2.86. The summed E-state index contributed by atoms with van der Waals surface area (Å²) in [6, 6.07) is 10.2. The van der Waals surface area contributed by atoms with E-state index >= 15 is 0 Å². The molecule has 0 bridgehead atoms. The lowest BCUT2D eigenvalue weighted by Crippen LogP contribution is -2.18. The Bertz CT molecular complexity index is 1370. The van der Waals surface area contributed by atoms with E-state index in [1.165, 1.54) is 31.4 Å². The summed E-state index contributed by atoms with van der Waals surface area (Å²) in [4.78, 5) is 12.2. The summed E-state index contributed by atoms with van der Waals surface area (Å²) in [5, 5.41) is 2.62. The molecular weight excluding hydrogens is 540 g/mol. The number of benzene rings is 3. The summed E-state index contributed by atoms with van der Waals surface area (Å²) in [5.74, 6) is -0.598. The molecule has 180 valence electrons. The summed E-state index contributed by atoms with van der Waals surface area (Å²) in [6.07, 6.45) is -4.86. The molecule has 0 aromatic heterocycles. The second-order valence-corrected chi connectivity index (χ2v) is 9.70. The van der Waals surface area contributed by atoms with Crippen molar-refractivity contribution in [2.75, 3.05) is 17.1 Å². The quantitative estimate of drug-likeness (QED) is 0.355. The van der Waals surface area contributed by atoms with Crippen molar-refractivity contribution in [2.24, 2.45) is 0 Å². The van der Waals surface area contributed by atoms with Crippen molar-refractivity contribution < 1.29 is 31.1 Å². The van der Waals surface area contributed by atoms with Crippen LogP contribution in [-0.4, -0.2) is 21.4 Å². The number of alkyl halides is 3. The maximum absolute atomic E-state index is 13.4. The van der Waals surface area contributed by atoms with E-state index in [4.69, 9.17) is 39.5 Å². The topological polar surface area (TPSA) is 84.5 Å². The van der Waals surface area contributed by atoms with E-state index in [1.54, 1.807) is 0 Å². The van der Waals surface area contributed by atoms with E-state index in [9.17, 15) is 26.4 Å². The summed E-state index contributed by atoms with van der Waals surface area (Å²) in [6.45, 7) is 0. The zero-order valence-electron chi connectivity index (χ0n) is 17.0. The van der Waals surface area contributed by atoms with Crippen LogP contribution in [0.2, 0.25) is 15.1 Å². The molecule has 0 aliphatic carbocycles. The Balaban J connectivity index is 1.97. The summed E-state index contributed by atoms with van der Waals surface area (Å²) in [7, 11) is -3.23. The van der Waals surface area contributed by atoms with Gasteiger partial charge in [-0.1, -0.05) is 34.8 Å². The summed E-state index contributed by atoms with van der Waals surface area (Å²) >= 11 is 17.5. The van der Waals surface area contributed by atoms with Gasteiger partial charge in [0, 0.05) is 10.0 Å². The first-order chi connectivity index (χ1) is 15.8. The van der Waals surface area contributed by atoms with E-state index in [1.807, 2.05) is 4.72 Å². The van der Waals surface area contributed by atoms with Crippen LogP contribution in [0.1, 0.15) is 15.9 Å². The molecule has 6 nitrogen and oxygen atoms in total. The molecule has 34 heavy (non-hydrogen) atoms. The Hall–Kier alpha value is -2.66. The molecule has 0 atom stereocenters. The van der Waals surface area contributed by atoms with Crippen LogP contribution in [0, 0.1) is 0 Å². The van der Waals surface area contributed by atoms with Gasteiger partial charge in [0.25, 0.3) is 15.9 Å². The maximum Gasteiger partial charge on any atom is 0.418 e. The molecule has 0 aliphatic rings. The molecule has 0 fully saturated rings. The van der Waals surface area contributed by atoms with Gasteiger partial charge in [-0.3, -0.25) is 9.52 Å². The number of carbonyl (C=O) groups is 1. The number of nitrogens with one attached hydrogen (secondary N) is 2. The van der Waals surface area contributed by atoms with Crippen molar-refractivity contribution >= 4 is 62.1 Å². The molecule has 0 aliphatic heterocycles. The smallest absolute Gasteiger partial charge is 0.418 e. The van der Waals surface area contributed by atoms with Crippen LogP contribution in [0.15, 0.2) is 59.5 Å². The third kappa shape index (κ3) is 5.87. The zero-order valence-corrected chi connectivity index (χ0v) is 20.1. The van der Waals surface area contributed by atoms with Crippen molar-refractivity contribution in [3.8, 4) is 5.75 Å². The first kappa shape index (κ1) is 26.0. The van der Waals surface area contributed by atoms with E-state index in [0.717, 1.165) is 24.3 Å². The highest BCUT2D eigenvalue weighted by Gasteiger charge is 2.35. The SMILES string of the molecule is COc1ccc(S(=O)(=O)Nc2ccc(Cl)cc2C(F)(F)F)cc1NC(=O)c1ccc(Cl)cc1Cl. The van der Waals surface area contributed by atoms with Crippen molar-refractivity contribution in [3.05, 3.63) is 80.8 Å². The average molecular weight is 554 g/mol. The molecule has 0 saturated heterocycles. The second-order valence-electron chi connectivity index (χ2n) is 6.73. The lowest BCUT2D eigenvalue weighted by Gasteiger charge is -2.16. The summed E-state index contributed by atoms with van der Waals surface area (Å²) in [5.41, 5.74) is -1.99.